The molecule has 2 nitrogen and oxygen atoms in total. The number of thioether (sulfide) groups is 1. The molecular formula is C8H8N2S. The van der Waals surface area contributed by atoms with Gasteiger partial charge in [0.05, 0.1) is 0 Å². The number of aromatic nitrogens is 1. The van der Waals surface area contributed by atoms with Crippen molar-refractivity contribution < 1.29 is 0 Å². The highest BCUT2D eigenvalue weighted by atomic mass is 32.2. The van der Waals surface area contributed by atoms with Crippen molar-refractivity contribution in [3.63, 3.8) is 0 Å². The van der Waals surface area contributed by atoms with Gasteiger partial charge in [0.25, 0.3) is 0 Å². The largest absolute Gasteiger partial charge is 0.245 e. The summed E-state index contributed by atoms with van der Waals surface area (Å²) in [5.74, 6) is 0.957. The molecule has 0 aliphatic rings. The number of hydrogen-bond donors (Lipinski definition) is 0. The van der Waals surface area contributed by atoms with Gasteiger partial charge in [0.15, 0.2) is 0 Å². The average Bonchev–Trinajstić information content (AvgIpc) is 2.07. The van der Waals surface area contributed by atoms with Crippen LogP contribution in [0, 0.1) is 11.3 Å². The lowest BCUT2D eigenvalue weighted by Crippen LogP contribution is -1.84. The van der Waals surface area contributed by atoms with Crippen LogP contribution in [0.15, 0.2) is 18.3 Å². The van der Waals surface area contributed by atoms with E-state index in [2.05, 4.69) is 4.98 Å². The maximum atomic E-state index is 8.44. The topological polar surface area (TPSA) is 36.7 Å². The second-order valence-corrected chi connectivity index (χ2v) is 2.96. The molecule has 0 aliphatic heterocycles. The smallest absolute Gasteiger partial charge is 0.140 e. The summed E-state index contributed by atoms with van der Waals surface area (Å²) in [4.78, 5) is 3.94. The molecule has 0 aliphatic carbocycles. The number of nitriles is 1. The van der Waals surface area contributed by atoms with Crippen LogP contribution in [0.3, 0.4) is 0 Å². The number of hydrogen-bond acceptors (Lipinski definition) is 3. The number of nitrogens with zero attached hydrogens (tertiary/aromatic N) is 2. The van der Waals surface area contributed by atoms with E-state index < -0.39 is 0 Å². The Morgan fingerprint density at radius 3 is 2.91 bits per heavy atom. The number of pyridine rings is 1. The maximum Gasteiger partial charge on any atom is 0.140 e. The van der Waals surface area contributed by atoms with Crippen LogP contribution in [0.5, 0.6) is 0 Å². The molecule has 56 valence electrons. The van der Waals surface area contributed by atoms with Crippen molar-refractivity contribution in [3.05, 3.63) is 29.6 Å². The maximum absolute atomic E-state index is 8.44. The van der Waals surface area contributed by atoms with E-state index in [-0.39, 0.29) is 0 Å². The van der Waals surface area contributed by atoms with E-state index in [0.717, 1.165) is 11.3 Å². The average molecular weight is 164 g/mol. The lowest BCUT2D eigenvalue weighted by molar-refractivity contribution is 1.21. The van der Waals surface area contributed by atoms with E-state index in [1.165, 1.54) is 0 Å². The van der Waals surface area contributed by atoms with Crippen molar-refractivity contribution >= 4 is 11.8 Å². The van der Waals surface area contributed by atoms with Crippen LogP contribution in [0.4, 0.5) is 0 Å². The monoisotopic (exact) mass is 164 g/mol. The van der Waals surface area contributed by atoms with Gasteiger partial charge in [-0.25, -0.2) is 4.98 Å². The van der Waals surface area contributed by atoms with Gasteiger partial charge < -0.3 is 0 Å². The minimum atomic E-state index is 0.481. The van der Waals surface area contributed by atoms with Crippen molar-refractivity contribution in [3.8, 4) is 6.07 Å². The molecule has 0 radical (unpaired) electrons. The first-order valence-corrected chi connectivity index (χ1v) is 4.60. The lowest BCUT2D eigenvalue weighted by atomic mass is 10.3. The van der Waals surface area contributed by atoms with Gasteiger partial charge in [-0.05, 0) is 17.9 Å². The lowest BCUT2D eigenvalue weighted by Gasteiger charge is -1.95. The Kier molecular flexibility index (Phi) is 2.94. The third-order valence-corrected chi connectivity index (χ3v) is 1.87. The van der Waals surface area contributed by atoms with Crippen LogP contribution >= 0.6 is 11.8 Å². The summed E-state index contributed by atoms with van der Waals surface area (Å²) < 4.78 is 0. The van der Waals surface area contributed by atoms with Crippen LogP contribution in [0.1, 0.15) is 11.3 Å². The second kappa shape index (κ2) is 3.99. The highest BCUT2D eigenvalue weighted by Gasteiger charge is 1.92. The third-order valence-electron chi connectivity index (χ3n) is 1.25. The summed E-state index contributed by atoms with van der Waals surface area (Å²) in [6.45, 7) is 0. The van der Waals surface area contributed by atoms with Crippen molar-refractivity contribution in [1.82, 2.24) is 4.98 Å². The van der Waals surface area contributed by atoms with Crippen LogP contribution in [0.2, 0.25) is 0 Å². The van der Waals surface area contributed by atoms with Crippen molar-refractivity contribution in [2.45, 2.75) is 5.75 Å². The first-order valence-electron chi connectivity index (χ1n) is 3.21. The number of rotatable bonds is 2. The van der Waals surface area contributed by atoms with Gasteiger partial charge >= 0.3 is 0 Å². The fourth-order valence-corrected chi connectivity index (χ4v) is 1.25. The van der Waals surface area contributed by atoms with Gasteiger partial charge in [-0.1, -0.05) is 6.07 Å². The fourth-order valence-electron chi connectivity index (χ4n) is 0.743. The van der Waals surface area contributed by atoms with E-state index in [4.69, 9.17) is 5.26 Å². The summed E-state index contributed by atoms with van der Waals surface area (Å²) in [7, 11) is 0. The molecule has 0 saturated carbocycles. The summed E-state index contributed by atoms with van der Waals surface area (Å²) in [6, 6.07) is 5.65. The molecule has 0 atom stereocenters. The Labute approximate surface area is 70.3 Å². The first-order chi connectivity index (χ1) is 5.36. The molecular weight excluding hydrogens is 156 g/mol. The van der Waals surface area contributed by atoms with Gasteiger partial charge in [-0.3, -0.25) is 0 Å². The molecule has 1 aromatic heterocycles. The quantitative estimate of drug-likeness (QED) is 0.669. The zero-order valence-electron chi connectivity index (χ0n) is 6.24. The molecule has 0 spiro atoms. The Balaban J connectivity index is 2.76. The van der Waals surface area contributed by atoms with Crippen LogP contribution < -0.4 is 0 Å². The molecule has 0 aromatic carbocycles. The summed E-state index contributed by atoms with van der Waals surface area (Å²) >= 11 is 1.75. The molecule has 0 saturated heterocycles. The van der Waals surface area contributed by atoms with Gasteiger partial charge in [0, 0.05) is 11.9 Å². The Hall–Kier alpha value is -1.01. The molecule has 1 aromatic rings. The van der Waals surface area contributed by atoms with Gasteiger partial charge in [0.1, 0.15) is 11.8 Å². The first kappa shape index (κ1) is 8.09. The zero-order valence-corrected chi connectivity index (χ0v) is 7.06. The minimum absolute atomic E-state index is 0.481. The zero-order chi connectivity index (χ0) is 8.10. The molecule has 3 heteroatoms. The second-order valence-electron chi connectivity index (χ2n) is 2.10. The van der Waals surface area contributed by atoms with Crippen molar-refractivity contribution in [1.29, 1.82) is 5.26 Å². The molecule has 0 unspecified atom stereocenters. The highest BCUT2D eigenvalue weighted by molar-refractivity contribution is 7.97. The van der Waals surface area contributed by atoms with Gasteiger partial charge in [-0.2, -0.15) is 17.0 Å². The van der Waals surface area contributed by atoms with Crippen LogP contribution in [0.25, 0.3) is 0 Å². The Morgan fingerprint density at radius 2 is 2.45 bits per heavy atom. The van der Waals surface area contributed by atoms with Crippen molar-refractivity contribution in [2.75, 3.05) is 6.26 Å². The fraction of sp³-hybridized carbons (Fsp3) is 0.250. The highest BCUT2D eigenvalue weighted by Crippen LogP contribution is 2.07. The van der Waals surface area contributed by atoms with E-state index >= 15 is 0 Å². The molecule has 1 heterocycles. The standard InChI is InChI=1S/C8H8N2S/c1-11-6-7-2-3-8(4-9)10-5-7/h2-3,5H,6H2,1H3. The van der Waals surface area contributed by atoms with E-state index in [0.29, 0.717) is 5.69 Å². The van der Waals surface area contributed by atoms with Gasteiger partial charge in [-0.15, -0.1) is 0 Å². The van der Waals surface area contributed by atoms with E-state index in [1.807, 2.05) is 18.4 Å². The molecule has 11 heavy (non-hydrogen) atoms. The Bertz CT molecular complexity index is 260. The molecule has 0 fully saturated rings. The van der Waals surface area contributed by atoms with Gasteiger partial charge in [0.2, 0.25) is 0 Å². The van der Waals surface area contributed by atoms with Crippen LogP contribution in [-0.2, 0) is 5.75 Å². The third kappa shape index (κ3) is 2.24. The Morgan fingerprint density at radius 1 is 1.64 bits per heavy atom. The van der Waals surface area contributed by atoms with Crippen molar-refractivity contribution in [2.24, 2.45) is 0 Å². The summed E-state index contributed by atoms with van der Waals surface area (Å²) in [5, 5.41) is 8.44. The molecule has 1 rings (SSSR count). The SMILES string of the molecule is CSCc1ccc(C#N)nc1. The molecule has 0 bridgehead atoms. The predicted molar refractivity (Wildman–Crippen MR) is 46.2 cm³/mol. The predicted octanol–water partition coefficient (Wildman–Crippen LogP) is 1.82. The normalized spacial score (nSPS) is 9.09. The van der Waals surface area contributed by atoms with E-state index in [9.17, 15) is 0 Å². The summed E-state index contributed by atoms with van der Waals surface area (Å²) in [6.07, 6.45) is 3.78. The molecule has 0 amide bonds. The summed E-state index contributed by atoms with van der Waals surface area (Å²) in [5.41, 5.74) is 1.64. The van der Waals surface area contributed by atoms with Crippen LogP contribution in [-0.4, -0.2) is 11.2 Å². The van der Waals surface area contributed by atoms with E-state index in [1.54, 1.807) is 24.0 Å². The molecule has 0 N–H and O–H groups in total. The minimum Gasteiger partial charge on any atom is -0.245 e.